The Morgan fingerprint density at radius 3 is 2.31 bits per heavy atom. The molecule has 0 aromatic heterocycles. The van der Waals surface area contributed by atoms with Crippen molar-refractivity contribution in [2.75, 3.05) is 18.2 Å². The van der Waals surface area contributed by atoms with Crippen molar-refractivity contribution in [1.29, 1.82) is 0 Å². The van der Waals surface area contributed by atoms with Crippen LogP contribution in [-0.2, 0) is 14.3 Å². The van der Waals surface area contributed by atoms with Crippen LogP contribution in [-0.4, -0.2) is 58.3 Å². The Bertz CT molecular complexity index is 1080. The number of thioether (sulfide) groups is 1. The van der Waals surface area contributed by atoms with Crippen molar-refractivity contribution in [2.24, 2.45) is 5.92 Å². The predicted octanol–water partition coefficient (Wildman–Crippen LogP) is 4.46. The molecule has 2 aromatic carbocycles. The maximum absolute atomic E-state index is 13.4. The minimum Gasteiger partial charge on any atom is -0.480 e. The van der Waals surface area contributed by atoms with Crippen molar-refractivity contribution in [2.45, 2.75) is 50.1 Å². The van der Waals surface area contributed by atoms with Gasteiger partial charge >= 0.3 is 12.1 Å². The molecule has 2 aliphatic carbocycles. The zero-order chi connectivity index (χ0) is 24.4. The Hall–Kier alpha value is -3.00. The fourth-order valence-corrected chi connectivity index (χ4v) is 6.80. The van der Waals surface area contributed by atoms with Gasteiger partial charge in [-0.25, -0.2) is 9.59 Å². The Morgan fingerprint density at radius 2 is 1.63 bits per heavy atom. The first kappa shape index (κ1) is 23.7. The molecule has 1 heterocycles. The van der Waals surface area contributed by atoms with Crippen LogP contribution in [0, 0.1) is 5.92 Å². The first-order chi connectivity index (χ1) is 17.0. The van der Waals surface area contributed by atoms with E-state index in [0.717, 1.165) is 30.4 Å². The number of fused-ring (bicyclic) bond motifs is 3. The Labute approximate surface area is 209 Å². The van der Waals surface area contributed by atoms with Gasteiger partial charge in [-0.05, 0) is 35.1 Å². The van der Waals surface area contributed by atoms with Crippen LogP contribution in [0.15, 0.2) is 48.5 Å². The van der Waals surface area contributed by atoms with Gasteiger partial charge < -0.3 is 20.1 Å². The van der Waals surface area contributed by atoms with Gasteiger partial charge in [0.1, 0.15) is 12.6 Å². The summed E-state index contributed by atoms with van der Waals surface area (Å²) in [6.45, 7) is 0.217. The molecular formula is C27H30N2O5S. The molecule has 0 bridgehead atoms. The van der Waals surface area contributed by atoms with Gasteiger partial charge in [-0.1, -0.05) is 67.8 Å². The van der Waals surface area contributed by atoms with Gasteiger partial charge in [-0.3, -0.25) is 4.79 Å². The van der Waals surface area contributed by atoms with E-state index in [1.165, 1.54) is 27.8 Å². The number of hydrogen-bond acceptors (Lipinski definition) is 5. The SMILES string of the molecule is O=C(N[C@@H]1CCCCC[C@@H]1C(=O)N1CSC[C@H]1C(=O)O)OCC1c2ccccc2-c2ccccc21. The lowest BCUT2D eigenvalue weighted by Gasteiger charge is -2.30. The predicted molar refractivity (Wildman–Crippen MR) is 134 cm³/mol. The second kappa shape index (κ2) is 10.3. The standard InChI is InChI=1S/C27H30N2O5S/c30-25(29-16-35-15-24(29)26(31)32)21-12-2-1-3-13-23(21)28-27(33)34-14-22-19-10-6-4-8-17(19)18-9-5-7-11-20(18)22/h4-11,21-24H,1-3,12-16H2,(H,28,33)(H,31,32)/t21-,23+,24-/m0/s1. The molecule has 1 aliphatic heterocycles. The summed E-state index contributed by atoms with van der Waals surface area (Å²) in [5.41, 5.74) is 4.64. The van der Waals surface area contributed by atoms with E-state index >= 15 is 0 Å². The largest absolute Gasteiger partial charge is 0.480 e. The first-order valence-corrected chi connectivity index (χ1v) is 13.4. The topological polar surface area (TPSA) is 95.9 Å². The number of carboxylic acid groups (broad SMARTS) is 1. The number of amides is 2. The number of nitrogens with one attached hydrogen (secondary N) is 1. The minimum absolute atomic E-state index is 0.0299. The number of carboxylic acids is 1. The second-order valence-corrected chi connectivity index (χ2v) is 10.5. The Morgan fingerprint density at radius 1 is 0.971 bits per heavy atom. The van der Waals surface area contributed by atoms with Gasteiger partial charge in [0, 0.05) is 17.7 Å². The molecule has 184 valence electrons. The highest BCUT2D eigenvalue weighted by Gasteiger charge is 2.41. The fourth-order valence-electron chi connectivity index (χ4n) is 5.64. The summed E-state index contributed by atoms with van der Waals surface area (Å²) in [7, 11) is 0. The van der Waals surface area contributed by atoms with Crippen LogP contribution in [0.5, 0.6) is 0 Å². The average Bonchev–Trinajstić information content (AvgIpc) is 3.40. The monoisotopic (exact) mass is 494 g/mol. The van der Waals surface area contributed by atoms with Crippen LogP contribution < -0.4 is 5.32 Å². The number of rotatable bonds is 5. The van der Waals surface area contributed by atoms with E-state index < -0.39 is 24.0 Å². The molecular weight excluding hydrogens is 464 g/mol. The van der Waals surface area contributed by atoms with Crippen LogP contribution in [0.3, 0.4) is 0 Å². The molecule has 2 N–H and O–H groups in total. The van der Waals surface area contributed by atoms with Gasteiger partial charge in [0.15, 0.2) is 0 Å². The van der Waals surface area contributed by atoms with E-state index in [1.54, 1.807) is 0 Å². The third-order valence-electron chi connectivity index (χ3n) is 7.43. The second-order valence-electron chi connectivity index (χ2n) is 9.48. The molecule has 3 atom stereocenters. The molecule has 0 spiro atoms. The maximum atomic E-state index is 13.4. The number of benzene rings is 2. The molecule has 5 rings (SSSR count). The molecule has 2 fully saturated rings. The van der Waals surface area contributed by atoms with Crippen LogP contribution in [0.2, 0.25) is 0 Å². The zero-order valence-electron chi connectivity index (χ0n) is 19.5. The summed E-state index contributed by atoms with van der Waals surface area (Å²) in [6, 6.07) is 15.2. The highest BCUT2D eigenvalue weighted by Crippen LogP contribution is 2.44. The van der Waals surface area contributed by atoms with Gasteiger partial charge in [-0.2, -0.15) is 0 Å². The van der Waals surface area contributed by atoms with Crippen molar-refractivity contribution in [3.8, 4) is 11.1 Å². The van der Waals surface area contributed by atoms with Crippen LogP contribution in [0.25, 0.3) is 11.1 Å². The van der Waals surface area contributed by atoms with E-state index in [4.69, 9.17) is 4.74 Å². The number of nitrogens with zero attached hydrogens (tertiary/aromatic N) is 1. The molecule has 3 aliphatic rings. The molecule has 1 saturated heterocycles. The van der Waals surface area contributed by atoms with E-state index in [2.05, 4.69) is 29.6 Å². The third-order valence-corrected chi connectivity index (χ3v) is 8.44. The van der Waals surface area contributed by atoms with Crippen molar-refractivity contribution in [3.05, 3.63) is 59.7 Å². The normalized spacial score (nSPS) is 23.8. The summed E-state index contributed by atoms with van der Waals surface area (Å²) in [6.07, 6.45) is 3.58. The minimum atomic E-state index is -0.974. The van der Waals surface area contributed by atoms with Crippen molar-refractivity contribution >= 4 is 29.7 Å². The first-order valence-electron chi connectivity index (χ1n) is 12.3. The highest BCUT2D eigenvalue weighted by atomic mass is 32.2. The molecule has 8 heteroatoms. The molecule has 0 radical (unpaired) electrons. The fraction of sp³-hybridized carbons (Fsp3) is 0.444. The Kier molecular flexibility index (Phi) is 7.00. The van der Waals surface area contributed by atoms with E-state index in [1.807, 2.05) is 24.3 Å². The van der Waals surface area contributed by atoms with E-state index in [9.17, 15) is 19.5 Å². The van der Waals surface area contributed by atoms with Crippen molar-refractivity contribution in [3.63, 3.8) is 0 Å². The van der Waals surface area contributed by atoms with Crippen molar-refractivity contribution < 1.29 is 24.2 Å². The lowest BCUT2D eigenvalue weighted by atomic mass is 9.93. The van der Waals surface area contributed by atoms with Crippen LogP contribution >= 0.6 is 11.8 Å². The number of aliphatic carboxylic acids is 1. The molecule has 2 aromatic rings. The molecule has 0 unspecified atom stereocenters. The average molecular weight is 495 g/mol. The van der Waals surface area contributed by atoms with Gasteiger partial charge in [0.2, 0.25) is 5.91 Å². The summed E-state index contributed by atoms with van der Waals surface area (Å²) in [5.74, 6) is -0.829. The van der Waals surface area contributed by atoms with Gasteiger partial charge in [0.05, 0.1) is 11.8 Å². The number of carbonyl (C=O) groups is 3. The number of carbonyl (C=O) groups excluding carboxylic acids is 2. The van der Waals surface area contributed by atoms with E-state index in [0.29, 0.717) is 24.5 Å². The molecule has 1 saturated carbocycles. The summed E-state index contributed by atoms with van der Waals surface area (Å²) in [4.78, 5) is 39.4. The molecule has 35 heavy (non-hydrogen) atoms. The van der Waals surface area contributed by atoms with Crippen LogP contribution in [0.1, 0.15) is 49.1 Å². The summed E-state index contributed by atoms with van der Waals surface area (Å²) >= 11 is 1.45. The van der Waals surface area contributed by atoms with Crippen molar-refractivity contribution in [1.82, 2.24) is 10.2 Å². The lowest BCUT2D eigenvalue weighted by Crippen LogP contribution is -2.51. The smallest absolute Gasteiger partial charge is 0.407 e. The number of ether oxygens (including phenoxy) is 1. The van der Waals surface area contributed by atoms with Crippen LogP contribution in [0.4, 0.5) is 4.79 Å². The third kappa shape index (κ3) is 4.76. The quantitative estimate of drug-likeness (QED) is 0.596. The number of alkyl carbamates (subject to hydrolysis) is 1. The summed E-state index contributed by atoms with van der Waals surface area (Å²) in [5, 5.41) is 12.5. The maximum Gasteiger partial charge on any atom is 0.407 e. The molecule has 2 amide bonds. The molecule has 7 nitrogen and oxygen atoms in total. The zero-order valence-corrected chi connectivity index (χ0v) is 20.3. The van der Waals surface area contributed by atoms with Gasteiger partial charge in [0.25, 0.3) is 0 Å². The van der Waals surface area contributed by atoms with E-state index in [-0.39, 0.29) is 24.5 Å². The summed E-state index contributed by atoms with van der Waals surface area (Å²) < 4.78 is 5.72. The Balaban J connectivity index is 1.26. The van der Waals surface area contributed by atoms with Gasteiger partial charge in [-0.15, -0.1) is 11.8 Å². The highest BCUT2D eigenvalue weighted by molar-refractivity contribution is 7.99. The lowest BCUT2D eigenvalue weighted by molar-refractivity contribution is -0.150. The number of hydrogen-bond donors (Lipinski definition) is 2.